The fraction of sp³-hybridized carbons (Fsp3) is 1.00. The molecule has 0 spiro atoms. The molecule has 3 aliphatic carbocycles. The predicted octanol–water partition coefficient (Wildman–Crippen LogP) is 2.75. The summed E-state index contributed by atoms with van der Waals surface area (Å²) < 4.78 is 41.1. The van der Waals surface area contributed by atoms with Crippen molar-refractivity contribution in [2.45, 2.75) is 38.0 Å². The highest BCUT2D eigenvalue weighted by molar-refractivity contribution is 5.29. The molecule has 0 radical (unpaired) electrons. The Bertz CT molecular complexity index is 288. The minimum atomic E-state index is -4.18. The lowest BCUT2D eigenvalue weighted by Crippen LogP contribution is -2.27. The number of rotatable bonds is 2. The summed E-state index contributed by atoms with van der Waals surface area (Å²) in [6.07, 6.45) is -1.25. The van der Waals surface area contributed by atoms with Crippen molar-refractivity contribution in [3.05, 3.63) is 0 Å². The van der Waals surface area contributed by atoms with Crippen LogP contribution < -0.4 is 0 Å². The van der Waals surface area contributed by atoms with Crippen LogP contribution in [0.25, 0.3) is 0 Å². The van der Waals surface area contributed by atoms with Crippen molar-refractivity contribution in [2.75, 3.05) is 6.61 Å². The maximum Gasteiger partial charge on any atom is 0.411 e. The summed E-state index contributed by atoms with van der Waals surface area (Å²) in [5, 5.41) is 0. The molecule has 0 bridgehead atoms. The first kappa shape index (κ1) is 9.01. The van der Waals surface area contributed by atoms with Crippen LogP contribution in [0.2, 0.25) is 0 Å². The van der Waals surface area contributed by atoms with Crippen LogP contribution in [-0.4, -0.2) is 18.4 Å². The summed E-state index contributed by atoms with van der Waals surface area (Å²) in [6.45, 7) is 1.02. The Labute approximate surface area is 80.6 Å². The van der Waals surface area contributed by atoms with E-state index in [-0.39, 0.29) is 5.41 Å². The molecule has 3 fully saturated rings. The molecule has 0 heterocycles. The van der Waals surface area contributed by atoms with Gasteiger partial charge in [-0.2, -0.15) is 13.2 Å². The van der Waals surface area contributed by atoms with Gasteiger partial charge in [-0.3, -0.25) is 0 Å². The van der Waals surface area contributed by atoms with E-state index in [1.54, 1.807) is 0 Å². The van der Waals surface area contributed by atoms with E-state index in [2.05, 4.69) is 6.92 Å². The van der Waals surface area contributed by atoms with E-state index in [1.165, 1.54) is 6.42 Å². The molecule has 3 saturated carbocycles. The van der Waals surface area contributed by atoms with Crippen LogP contribution in [-0.2, 0) is 4.74 Å². The van der Waals surface area contributed by atoms with Gasteiger partial charge in [-0.25, -0.2) is 0 Å². The first-order chi connectivity index (χ1) is 6.36. The van der Waals surface area contributed by atoms with Gasteiger partial charge in [0.25, 0.3) is 0 Å². The quantitative estimate of drug-likeness (QED) is 0.675. The second kappa shape index (κ2) is 2.13. The lowest BCUT2D eigenvalue weighted by atomic mass is 10.0. The third kappa shape index (κ3) is 1.01. The number of halogens is 3. The average Bonchev–Trinajstić information content (AvgIpc) is 2.87. The highest BCUT2D eigenvalue weighted by Crippen LogP contribution is 2.81. The van der Waals surface area contributed by atoms with Gasteiger partial charge in [-0.1, -0.05) is 6.92 Å². The minimum absolute atomic E-state index is 0.0862. The van der Waals surface area contributed by atoms with E-state index < -0.39 is 18.4 Å². The zero-order chi connectivity index (χ0) is 10.2. The maximum atomic E-state index is 12.0. The van der Waals surface area contributed by atoms with Gasteiger partial charge in [0.05, 0.1) is 5.60 Å². The van der Waals surface area contributed by atoms with Crippen LogP contribution in [0.1, 0.15) is 26.2 Å². The molecule has 0 amide bonds. The Hall–Kier alpha value is -0.250. The van der Waals surface area contributed by atoms with E-state index in [1.807, 2.05) is 0 Å². The van der Waals surface area contributed by atoms with Crippen LogP contribution in [0.4, 0.5) is 13.2 Å². The third-order valence-electron chi connectivity index (χ3n) is 4.41. The molecule has 3 rings (SSSR count). The van der Waals surface area contributed by atoms with Crippen LogP contribution in [0.3, 0.4) is 0 Å². The summed E-state index contributed by atoms with van der Waals surface area (Å²) in [5.74, 6) is 1.33. The Kier molecular flexibility index (Phi) is 1.37. The number of hydrogen-bond donors (Lipinski definition) is 0. The molecule has 0 N–H and O–H groups in total. The summed E-state index contributed by atoms with van der Waals surface area (Å²) in [7, 11) is 0. The van der Waals surface area contributed by atoms with Crippen molar-refractivity contribution < 1.29 is 17.9 Å². The smallest absolute Gasteiger partial charge is 0.365 e. The molecule has 0 aromatic heterocycles. The summed E-state index contributed by atoms with van der Waals surface area (Å²) in [4.78, 5) is 0. The molecule has 4 heteroatoms. The molecule has 80 valence electrons. The SMILES string of the molecule is C[C@@]12C[C@]1(OCC(F)(F)F)C[C@H]1C[C@H]12. The normalized spacial score (nSPS) is 54.0. The topological polar surface area (TPSA) is 9.23 Å². The summed E-state index contributed by atoms with van der Waals surface area (Å²) >= 11 is 0. The number of fused-ring (bicyclic) bond motifs is 3. The first-order valence-corrected chi connectivity index (χ1v) is 5.07. The van der Waals surface area contributed by atoms with Crippen LogP contribution in [0.5, 0.6) is 0 Å². The largest absolute Gasteiger partial charge is 0.411 e. The fourth-order valence-electron chi connectivity index (χ4n) is 3.50. The number of hydrogen-bond acceptors (Lipinski definition) is 1. The second-order valence-electron chi connectivity index (χ2n) is 5.30. The van der Waals surface area contributed by atoms with Crippen LogP contribution >= 0.6 is 0 Å². The summed E-state index contributed by atoms with van der Waals surface area (Å²) in [6, 6.07) is 0. The van der Waals surface area contributed by atoms with Crippen molar-refractivity contribution in [3.8, 4) is 0 Å². The van der Waals surface area contributed by atoms with Gasteiger partial charge in [-0.15, -0.1) is 0 Å². The standard InChI is InChI=1S/C10H13F3O/c1-8-4-9(8,3-6-2-7(6)8)14-5-10(11,12)13/h6-7H,2-5H2,1H3/t6-,7-,8+,9-/m1/s1. The van der Waals surface area contributed by atoms with Crippen molar-refractivity contribution >= 4 is 0 Å². The predicted molar refractivity (Wildman–Crippen MR) is 43.7 cm³/mol. The van der Waals surface area contributed by atoms with Crippen molar-refractivity contribution in [1.82, 2.24) is 0 Å². The van der Waals surface area contributed by atoms with E-state index >= 15 is 0 Å². The monoisotopic (exact) mass is 206 g/mol. The van der Waals surface area contributed by atoms with E-state index in [9.17, 15) is 13.2 Å². The van der Waals surface area contributed by atoms with Crippen molar-refractivity contribution in [1.29, 1.82) is 0 Å². The van der Waals surface area contributed by atoms with Crippen LogP contribution in [0, 0.1) is 17.3 Å². The molecular weight excluding hydrogens is 193 g/mol. The molecule has 1 nitrogen and oxygen atoms in total. The Morgan fingerprint density at radius 1 is 1.43 bits per heavy atom. The lowest BCUT2D eigenvalue weighted by molar-refractivity contribution is -0.193. The Balaban J connectivity index is 1.65. The van der Waals surface area contributed by atoms with Gasteiger partial charge in [0.15, 0.2) is 0 Å². The molecule has 0 saturated heterocycles. The zero-order valence-electron chi connectivity index (χ0n) is 8.03. The molecule has 0 aromatic rings. The molecule has 0 aliphatic heterocycles. The molecule has 3 aliphatic rings. The first-order valence-electron chi connectivity index (χ1n) is 5.07. The van der Waals surface area contributed by atoms with E-state index in [0.717, 1.165) is 12.8 Å². The van der Waals surface area contributed by atoms with Crippen molar-refractivity contribution in [2.24, 2.45) is 17.3 Å². The van der Waals surface area contributed by atoms with Crippen LogP contribution in [0.15, 0.2) is 0 Å². The fourth-order valence-corrected chi connectivity index (χ4v) is 3.50. The minimum Gasteiger partial charge on any atom is -0.365 e. The van der Waals surface area contributed by atoms with Gasteiger partial charge < -0.3 is 4.74 Å². The average molecular weight is 206 g/mol. The van der Waals surface area contributed by atoms with E-state index in [4.69, 9.17) is 4.74 Å². The van der Waals surface area contributed by atoms with E-state index in [0.29, 0.717) is 11.8 Å². The molecule has 0 aromatic carbocycles. The molecular formula is C10H13F3O. The Morgan fingerprint density at radius 3 is 2.64 bits per heavy atom. The molecule has 0 unspecified atom stereocenters. The Morgan fingerprint density at radius 2 is 2.14 bits per heavy atom. The maximum absolute atomic E-state index is 12.0. The lowest BCUT2D eigenvalue weighted by Gasteiger charge is -2.19. The molecule has 14 heavy (non-hydrogen) atoms. The number of alkyl halides is 3. The second-order valence-corrected chi connectivity index (χ2v) is 5.30. The summed E-state index contributed by atoms with van der Waals surface area (Å²) in [5.41, 5.74) is -0.307. The van der Waals surface area contributed by atoms with Gasteiger partial charge in [0.1, 0.15) is 6.61 Å². The molecule has 4 atom stereocenters. The number of ether oxygens (including phenoxy) is 1. The zero-order valence-corrected chi connectivity index (χ0v) is 8.03. The highest BCUT2D eigenvalue weighted by Gasteiger charge is 2.80. The van der Waals surface area contributed by atoms with Gasteiger partial charge in [0.2, 0.25) is 0 Å². The third-order valence-corrected chi connectivity index (χ3v) is 4.41. The van der Waals surface area contributed by atoms with Gasteiger partial charge >= 0.3 is 6.18 Å². The van der Waals surface area contributed by atoms with Gasteiger partial charge in [-0.05, 0) is 31.1 Å². The van der Waals surface area contributed by atoms with Gasteiger partial charge in [0, 0.05) is 5.41 Å². The van der Waals surface area contributed by atoms with Crippen molar-refractivity contribution in [3.63, 3.8) is 0 Å². The highest BCUT2D eigenvalue weighted by atomic mass is 19.4.